The number of imide groups is 1. The summed E-state index contributed by atoms with van der Waals surface area (Å²) < 4.78 is 13.7. The predicted octanol–water partition coefficient (Wildman–Crippen LogP) is 1.08. The van der Waals surface area contributed by atoms with E-state index in [-0.39, 0.29) is 5.56 Å². The smallest absolute Gasteiger partial charge is 0.272 e. The summed E-state index contributed by atoms with van der Waals surface area (Å²) in [5.41, 5.74) is -0.573. The molecule has 2 rings (SSSR count). The van der Waals surface area contributed by atoms with Gasteiger partial charge in [-0.25, -0.2) is 4.39 Å². The zero-order chi connectivity index (χ0) is 13.4. The first-order valence-electron chi connectivity index (χ1n) is 4.84. The van der Waals surface area contributed by atoms with Crippen LogP contribution in [0.15, 0.2) is 18.2 Å². The second-order valence-electron chi connectivity index (χ2n) is 3.70. The average Bonchev–Trinajstić information content (AvgIpc) is 2.54. The van der Waals surface area contributed by atoms with Crippen LogP contribution in [0.1, 0.15) is 11.5 Å². The summed E-state index contributed by atoms with van der Waals surface area (Å²) in [7, 11) is 0. The Morgan fingerprint density at radius 3 is 2.44 bits per heavy atom. The number of nitro benzene ring substituents is 1. The monoisotopic (exact) mass is 272 g/mol. The Morgan fingerprint density at radius 1 is 1.33 bits per heavy atom. The van der Waals surface area contributed by atoms with Crippen molar-refractivity contribution in [2.45, 2.75) is 11.3 Å². The molecule has 0 aromatic heterocycles. The molecule has 1 aromatic carbocycles. The second-order valence-corrected chi connectivity index (χ2v) is 4.17. The lowest BCUT2D eigenvalue weighted by molar-refractivity contribution is -0.385. The third-order valence-electron chi connectivity index (χ3n) is 2.60. The van der Waals surface area contributed by atoms with Crippen molar-refractivity contribution in [3.63, 3.8) is 0 Å². The number of rotatable bonds is 2. The highest BCUT2D eigenvalue weighted by Gasteiger charge is 2.42. The maximum Gasteiger partial charge on any atom is 0.272 e. The fraction of sp³-hybridized carbons (Fsp3) is 0.200. The molecule has 0 radical (unpaired) electrons. The van der Waals surface area contributed by atoms with Crippen molar-refractivity contribution in [3.05, 3.63) is 39.7 Å². The highest BCUT2D eigenvalue weighted by molar-refractivity contribution is 6.37. The SMILES string of the molecule is O=C1NC(=O)C(c2ccc([N+](=O)[O-])cc2F)C1Cl. The molecule has 0 aliphatic carbocycles. The topological polar surface area (TPSA) is 89.3 Å². The Kier molecular flexibility index (Phi) is 3.00. The van der Waals surface area contributed by atoms with Crippen LogP contribution in [0, 0.1) is 15.9 Å². The summed E-state index contributed by atoms with van der Waals surface area (Å²) in [4.78, 5) is 32.3. The van der Waals surface area contributed by atoms with Gasteiger partial charge in [-0.05, 0) is 6.07 Å². The Balaban J connectivity index is 2.43. The van der Waals surface area contributed by atoms with Gasteiger partial charge in [-0.1, -0.05) is 0 Å². The summed E-state index contributed by atoms with van der Waals surface area (Å²) in [6, 6.07) is 2.83. The lowest BCUT2D eigenvalue weighted by atomic mass is 9.96. The summed E-state index contributed by atoms with van der Waals surface area (Å²) >= 11 is 5.70. The highest BCUT2D eigenvalue weighted by atomic mass is 35.5. The van der Waals surface area contributed by atoms with E-state index in [1.807, 2.05) is 5.32 Å². The fourth-order valence-electron chi connectivity index (χ4n) is 1.73. The van der Waals surface area contributed by atoms with Crippen LogP contribution in [-0.4, -0.2) is 22.1 Å². The summed E-state index contributed by atoms with van der Waals surface area (Å²) in [6.45, 7) is 0. The largest absolute Gasteiger partial charge is 0.295 e. The molecule has 18 heavy (non-hydrogen) atoms. The average molecular weight is 273 g/mol. The third-order valence-corrected chi connectivity index (χ3v) is 3.05. The molecule has 1 N–H and O–H groups in total. The number of non-ortho nitro benzene ring substituents is 1. The number of alkyl halides is 1. The minimum Gasteiger partial charge on any atom is -0.295 e. The molecule has 0 spiro atoms. The molecule has 94 valence electrons. The zero-order valence-electron chi connectivity index (χ0n) is 8.72. The molecule has 6 nitrogen and oxygen atoms in total. The van der Waals surface area contributed by atoms with Gasteiger partial charge in [0.1, 0.15) is 11.2 Å². The molecule has 0 bridgehead atoms. The summed E-state index contributed by atoms with van der Waals surface area (Å²) in [5.74, 6) is -3.53. The number of halogens is 2. The van der Waals surface area contributed by atoms with Crippen molar-refractivity contribution >= 4 is 29.1 Å². The molecule has 1 fully saturated rings. The van der Waals surface area contributed by atoms with Gasteiger partial charge in [-0.3, -0.25) is 25.0 Å². The van der Waals surface area contributed by atoms with Gasteiger partial charge < -0.3 is 0 Å². The Morgan fingerprint density at radius 2 is 2.00 bits per heavy atom. The van der Waals surface area contributed by atoms with Crippen LogP contribution in [0.2, 0.25) is 0 Å². The second kappa shape index (κ2) is 4.34. The van der Waals surface area contributed by atoms with Crippen molar-refractivity contribution in [1.29, 1.82) is 0 Å². The normalized spacial score (nSPS) is 23.0. The van der Waals surface area contributed by atoms with E-state index in [2.05, 4.69) is 0 Å². The van der Waals surface area contributed by atoms with E-state index in [4.69, 9.17) is 11.6 Å². The molecular weight excluding hydrogens is 267 g/mol. The van der Waals surface area contributed by atoms with Crippen LogP contribution < -0.4 is 5.32 Å². The van der Waals surface area contributed by atoms with Gasteiger partial charge in [0.15, 0.2) is 0 Å². The molecule has 2 atom stereocenters. The quantitative estimate of drug-likeness (QED) is 0.377. The minimum absolute atomic E-state index is 0.135. The summed E-state index contributed by atoms with van der Waals surface area (Å²) in [6.07, 6.45) is 0. The molecule has 1 saturated heterocycles. The standard InChI is InChI=1S/C10H6ClFN2O4/c11-8-7(9(15)13-10(8)16)5-2-1-4(14(17)18)3-6(5)12/h1-3,7-8H,(H,13,15,16). The van der Waals surface area contributed by atoms with Crippen LogP contribution in [0.4, 0.5) is 10.1 Å². The van der Waals surface area contributed by atoms with E-state index in [0.29, 0.717) is 6.07 Å². The molecule has 2 amide bonds. The van der Waals surface area contributed by atoms with Crippen molar-refractivity contribution in [2.75, 3.05) is 0 Å². The van der Waals surface area contributed by atoms with E-state index in [1.165, 1.54) is 0 Å². The van der Waals surface area contributed by atoms with Crippen LogP contribution in [0.25, 0.3) is 0 Å². The van der Waals surface area contributed by atoms with Crippen LogP contribution in [0.5, 0.6) is 0 Å². The summed E-state index contributed by atoms with van der Waals surface area (Å²) in [5, 5.41) is 11.2. The molecule has 1 aliphatic rings. The Hall–Kier alpha value is -2.02. The minimum atomic E-state index is -1.21. The van der Waals surface area contributed by atoms with E-state index in [1.54, 1.807) is 0 Å². The predicted molar refractivity (Wildman–Crippen MR) is 58.6 cm³/mol. The maximum atomic E-state index is 13.7. The van der Waals surface area contributed by atoms with Gasteiger partial charge >= 0.3 is 0 Å². The number of amides is 2. The van der Waals surface area contributed by atoms with E-state index in [9.17, 15) is 24.1 Å². The molecule has 2 unspecified atom stereocenters. The highest BCUT2D eigenvalue weighted by Crippen LogP contribution is 2.31. The molecular formula is C10H6ClFN2O4. The van der Waals surface area contributed by atoms with E-state index in [0.717, 1.165) is 12.1 Å². The van der Waals surface area contributed by atoms with Gasteiger partial charge in [0.05, 0.1) is 16.9 Å². The van der Waals surface area contributed by atoms with Gasteiger partial charge in [-0.15, -0.1) is 11.6 Å². The number of carbonyl (C=O) groups is 2. The first-order chi connectivity index (χ1) is 8.41. The number of carbonyl (C=O) groups excluding carboxylic acids is 2. The van der Waals surface area contributed by atoms with Gasteiger partial charge in [0.25, 0.3) is 5.69 Å². The van der Waals surface area contributed by atoms with Gasteiger partial charge in [0.2, 0.25) is 11.8 Å². The Bertz CT molecular complexity index is 563. The number of hydrogen-bond donors (Lipinski definition) is 1. The van der Waals surface area contributed by atoms with Crippen molar-refractivity contribution in [3.8, 4) is 0 Å². The fourth-order valence-corrected chi connectivity index (χ4v) is 2.04. The number of nitro groups is 1. The lowest BCUT2D eigenvalue weighted by Crippen LogP contribution is -2.22. The molecule has 0 saturated carbocycles. The van der Waals surface area contributed by atoms with Gasteiger partial charge in [-0.2, -0.15) is 0 Å². The molecule has 1 aliphatic heterocycles. The van der Waals surface area contributed by atoms with Crippen LogP contribution in [-0.2, 0) is 9.59 Å². The van der Waals surface area contributed by atoms with E-state index < -0.39 is 39.5 Å². The van der Waals surface area contributed by atoms with Crippen LogP contribution in [0.3, 0.4) is 0 Å². The maximum absolute atomic E-state index is 13.7. The molecule has 1 aromatic rings. The van der Waals surface area contributed by atoms with Crippen molar-refractivity contribution in [2.24, 2.45) is 0 Å². The number of nitrogens with one attached hydrogen (secondary N) is 1. The van der Waals surface area contributed by atoms with E-state index >= 15 is 0 Å². The van der Waals surface area contributed by atoms with Crippen molar-refractivity contribution in [1.82, 2.24) is 5.32 Å². The molecule has 1 heterocycles. The van der Waals surface area contributed by atoms with Gasteiger partial charge in [0, 0.05) is 11.6 Å². The first kappa shape index (κ1) is 12.4. The number of hydrogen-bond acceptors (Lipinski definition) is 4. The number of benzene rings is 1. The van der Waals surface area contributed by atoms with Crippen molar-refractivity contribution < 1.29 is 18.9 Å². The first-order valence-corrected chi connectivity index (χ1v) is 5.28. The van der Waals surface area contributed by atoms with Crippen LogP contribution >= 0.6 is 11.6 Å². The lowest BCUT2D eigenvalue weighted by Gasteiger charge is -2.10. The third kappa shape index (κ3) is 1.92. The Labute approximate surface area is 105 Å². The number of nitrogens with zero attached hydrogens (tertiary/aromatic N) is 1. The molecule has 8 heteroatoms. The zero-order valence-corrected chi connectivity index (χ0v) is 9.48.